The van der Waals surface area contributed by atoms with Crippen molar-refractivity contribution in [1.29, 1.82) is 0 Å². The average molecular weight is 273 g/mol. The van der Waals surface area contributed by atoms with Gasteiger partial charge in [0, 0.05) is 36.4 Å². The molecule has 2 aliphatic rings. The summed E-state index contributed by atoms with van der Waals surface area (Å²) in [6.45, 7) is 3.68. The maximum Gasteiger partial charge on any atom is 0.254 e. The van der Waals surface area contributed by atoms with Crippen LogP contribution in [0.3, 0.4) is 0 Å². The number of nitrogens with zero attached hydrogens (tertiary/aromatic N) is 2. The van der Waals surface area contributed by atoms with Crippen LogP contribution < -0.4 is 5.73 Å². The van der Waals surface area contributed by atoms with E-state index in [0.29, 0.717) is 17.8 Å². The number of benzene rings is 1. The summed E-state index contributed by atoms with van der Waals surface area (Å²) in [4.78, 5) is 17.2. The lowest BCUT2D eigenvalue weighted by molar-refractivity contribution is 0.0739. The number of amides is 1. The molecule has 2 fully saturated rings. The second-order valence-corrected chi connectivity index (χ2v) is 6.16. The number of hydrogen-bond acceptors (Lipinski definition) is 3. The molecule has 2 atom stereocenters. The third kappa shape index (κ3) is 2.29. The zero-order valence-electron chi connectivity index (χ0n) is 12.3. The lowest BCUT2D eigenvalue weighted by Gasteiger charge is -2.26. The molecule has 0 aromatic heterocycles. The molecule has 1 aromatic carbocycles. The molecular formula is C16H23N3O. The molecule has 2 aliphatic heterocycles. The van der Waals surface area contributed by atoms with Crippen LogP contribution in [-0.4, -0.2) is 47.9 Å². The third-order valence-electron chi connectivity index (χ3n) is 4.92. The summed E-state index contributed by atoms with van der Waals surface area (Å²) >= 11 is 0. The number of hydrogen-bond donors (Lipinski definition) is 1. The monoisotopic (exact) mass is 273 g/mol. The molecule has 108 valence electrons. The topological polar surface area (TPSA) is 49.6 Å². The predicted molar refractivity (Wildman–Crippen MR) is 80.7 cm³/mol. The number of carbonyl (C=O) groups excluding carboxylic acids is 1. The molecule has 2 bridgehead atoms. The molecule has 0 aliphatic carbocycles. The van der Waals surface area contributed by atoms with Crippen molar-refractivity contribution in [3.05, 3.63) is 29.3 Å². The van der Waals surface area contributed by atoms with E-state index in [0.717, 1.165) is 30.6 Å². The predicted octanol–water partition coefficient (Wildman–Crippen LogP) is 1.89. The van der Waals surface area contributed by atoms with E-state index >= 15 is 0 Å². The van der Waals surface area contributed by atoms with Crippen molar-refractivity contribution >= 4 is 11.6 Å². The Morgan fingerprint density at radius 2 is 2.00 bits per heavy atom. The average Bonchev–Trinajstić information content (AvgIpc) is 2.62. The van der Waals surface area contributed by atoms with Crippen molar-refractivity contribution in [2.24, 2.45) is 0 Å². The number of aryl methyl sites for hydroxylation is 1. The smallest absolute Gasteiger partial charge is 0.254 e. The molecule has 2 N–H and O–H groups in total. The first-order valence-corrected chi connectivity index (χ1v) is 7.43. The first-order valence-electron chi connectivity index (χ1n) is 7.43. The van der Waals surface area contributed by atoms with Gasteiger partial charge in [-0.25, -0.2) is 0 Å². The van der Waals surface area contributed by atoms with Gasteiger partial charge in [0.1, 0.15) is 0 Å². The van der Waals surface area contributed by atoms with E-state index in [1.54, 1.807) is 0 Å². The molecule has 1 aromatic rings. The molecular weight excluding hydrogens is 250 g/mol. The van der Waals surface area contributed by atoms with Gasteiger partial charge in [0.05, 0.1) is 0 Å². The molecule has 2 unspecified atom stereocenters. The van der Waals surface area contributed by atoms with Gasteiger partial charge in [-0.1, -0.05) is 0 Å². The van der Waals surface area contributed by atoms with E-state index in [1.165, 1.54) is 12.8 Å². The number of rotatable bonds is 1. The Morgan fingerprint density at radius 3 is 2.75 bits per heavy atom. The van der Waals surface area contributed by atoms with Crippen molar-refractivity contribution in [1.82, 2.24) is 9.80 Å². The SMILES string of the molecule is Cc1cc(N)ccc1C(=O)N1CCC2CCC(C1)N2C. The number of likely N-dealkylation sites (N-methyl/N-ethyl adjacent to an activating group) is 1. The fraction of sp³-hybridized carbons (Fsp3) is 0.562. The summed E-state index contributed by atoms with van der Waals surface area (Å²) in [5.74, 6) is 0.156. The minimum absolute atomic E-state index is 0.156. The van der Waals surface area contributed by atoms with Crippen molar-refractivity contribution in [2.75, 3.05) is 25.9 Å². The maximum absolute atomic E-state index is 12.7. The standard InChI is InChI=1S/C16H23N3O/c1-11-9-12(17)3-6-15(11)16(20)19-8-7-13-4-5-14(10-19)18(13)2/h3,6,9,13-14H,4-5,7-8,10,17H2,1-2H3. The van der Waals surface area contributed by atoms with Crippen LogP contribution in [0.1, 0.15) is 35.2 Å². The molecule has 2 heterocycles. The van der Waals surface area contributed by atoms with E-state index < -0.39 is 0 Å². The van der Waals surface area contributed by atoms with Gasteiger partial charge >= 0.3 is 0 Å². The molecule has 4 nitrogen and oxygen atoms in total. The number of likely N-dealkylation sites (tertiary alicyclic amines) is 1. The summed E-state index contributed by atoms with van der Waals surface area (Å²) in [6.07, 6.45) is 3.59. The molecule has 20 heavy (non-hydrogen) atoms. The van der Waals surface area contributed by atoms with E-state index in [4.69, 9.17) is 5.73 Å². The highest BCUT2D eigenvalue weighted by molar-refractivity contribution is 5.96. The van der Waals surface area contributed by atoms with Gasteiger partial charge in [-0.2, -0.15) is 0 Å². The zero-order valence-corrected chi connectivity index (χ0v) is 12.3. The number of carbonyl (C=O) groups is 1. The van der Waals surface area contributed by atoms with Gasteiger partial charge in [-0.15, -0.1) is 0 Å². The maximum atomic E-state index is 12.7. The molecule has 0 spiro atoms. The number of nitrogens with two attached hydrogens (primary N) is 1. The van der Waals surface area contributed by atoms with Crippen molar-refractivity contribution in [3.63, 3.8) is 0 Å². The second-order valence-electron chi connectivity index (χ2n) is 6.16. The Balaban J connectivity index is 1.80. The van der Waals surface area contributed by atoms with E-state index in [2.05, 4.69) is 11.9 Å². The van der Waals surface area contributed by atoms with Crippen LogP contribution >= 0.6 is 0 Å². The number of nitrogen functional groups attached to an aromatic ring is 1. The second kappa shape index (κ2) is 5.09. The summed E-state index contributed by atoms with van der Waals surface area (Å²) < 4.78 is 0. The Bertz CT molecular complexity index is 528. The first kappa shape index (κ1) is 13.4. The number of anilines is 1. The first-order chi connectivity index (χ1) is 9.56. The zero-order chi connectivity index (χ0) is 14.3. The fourth-order valence-electron chi connectivity index (χ4n) is 3.59. The quantitative estimate of drug-likeness (QED) is 0.795. The van der Waals surface area contributed by atoms with Gasteiger partial charge in [-0.05, 0) is 57.0 Å². The summed E-state index contributed by atoms with van der Waals surface area (Å²) in [7, 11) is 2.20. The Kier molecular flexibility index (Phi) is 3.42. The summed E-state index contributed by atoms with van der Waals surface area (Å²) in [5, 5.41) is 0. The molecule has 0 radical (unpaired) electrons. The highest BCUT2D eigenvalue weighted by Crippen LogP contribution is 2.29. The Hall–Kier alpha value is -1.55. The lowest BCUT2D eigenvalue weighted by Crippen LogP contribution is -2.39. The minimum atomic E-state index is 0.156. The van der Waals surface area contributed by atoms with Gasteiger partial charge in [0.15, 0.2) is 0 Å². The molecule has 3 rings (SSSR count). The molecule has 4 heteroatoms. The molecule has 0 saturated carbocycles. The van der Waals surface area contributed by atoms with Crippen LogP contribution in [0.4, 0.5) is 5.69 Å². The van der Waals surface area contributed by atoms with Gasteiger partial charge in [0.2, 0.25) is 0 Å². The van der Waals surface area contributed by atoms with Crippen LogP contribution in [-0.2, 0) is 0 Å². The van der Waals surface area contributed by atoms with Crippen molar-refractivity contribution < 1.29 is 4.79 Å². The summed E-state index contributed by atoms with van der Waals surface area (Å²) in [6, 6.07) is 6.74. The summed E-state index contributed by atoms with van der Waals surface area (Å²) in [5.41, 5.74) is 8.24. The normalized spacial score (nSPS) is 26.6. The van der Waals surface area contributed by atoms with E-state index in [-0.39, 0.29) is 5.91 Å². The largest absolute Gasteiger partial charge is 0.399 e. The van der Waals surface area contributed by atoms with Crippen molar-refractivity contribution in [2.45, 2.75) is 38.3 Å². The molecule has 1 amide bonds. The highest BCUT2D eigenvalue weighted by Gasteiger charge is 2.36. The van der Waals surface area contributed by atoms with E-state index in [9.17, 15) is 4.79 Å². The van der Waals surface area contributed by atoms with Crippen LogP contribution in [0.2, 0.25) is 0 Å². The Morgan fingerprint density at radius 1 is 1.25 bits per heavy atom. The molecule has 2 saturated heterocycles. The van der Waals surface area contributed by atoms with Crippen LogP contribution in [0, 0.1) is 6.92 Å². The third-order valence-corrected chi connectivity index (χ3v) is 4.92. The van der Waals surface area contributed by atoms with E-state index in [1.807, 2.05) is 30.0 Å². The van der Waals surface area contributed by atoms with Crippen LogP contribution in [0.15, 0.2) is 18.2 Å². The lowest BCUT2D eigenvalue weighted by atomic mass is 10.0. The van der Waals surface area contributed by atoms with Crippen molar-refractivity contribution in [3.8, 4) is 0 Å². The highest BCUT2D eigenvalue weighted by atomic mass is 16.2. The van der Waals surface area contributed by atoms with Gasteiger partial charge in [0.25, 0.3) is 5.91 Å². The van der Waals surface area contributed by atoms with Gasteiger partial charge in [-0.3, -0.25) is 9.69 Å². The Labute approximate surface area is 120 Å². The van der Waals surface area contributed by atoms with Crippen LogP contribution in [0.5, 0.6) is 0 Å². The van der Waals surface area contributed by atoms with Gasteiger partial charge < -0.3 is 10.6 Å². The number of fused-ring (bicyclic) bond motifs is 2. The fourth-order valence-corrected chi connectivity index (χ4v) is 3.59. The minimum Gasteiger partial charge on any atom is -0.399 e. The van der Waals surface area contributed by atoms with Crippen LogP contribution in [0.25, 0.3) is 0 Å².